The molecule has 0 aliphatic rings. The molecular weight excluding hydrogens is 278 g/mol. The summed E-state index contributed by atoms with van der Waals surface area (Å²) in [6.45, 7) is 3.79. The van der Waals surface area contributed by atoms with Crippen LogP contribution in [0.3, 0.4) is 0 Å². The first-order valence-electron chi connectivity index (χ1n) is 6.36. The molecule has 2 amide bonds. The average Bonchev–Trinajstić information content (AvgIpc) is 2.36. The highest BCUT2D eigenvalue weighted by Crippen LogP contribution is 2.26. The van der Waals surface area contributed by atoms with Crippen molar-refractivity contribution in [1.82, 2.24) is 10.6 Å². The Morgan fingerprint density at radius 3 is 2.57 bits per heavy atom. The van der Waals surface area contributed by atoms with Crippen molar-refractivity contribution in [2.24, 2.45) is 0 Å². The van der Waals surface area contributed by atoms with E-state index in [4.69, 9.17) is 0 Å². The van der Waals surface area contributed by atoms with Crippen LogP contribution in [0.15, 0.2) is 18.2 Å². The maximum absolute atomic E-state index is 11.8. The topological polar surface area (TPSA) is 122 Å². The van der Waals surface area contributed by atoms with Gasteiger partial charge in [0.25, 0.3) is 5.91 Å². The van der Waals surface area contributed by atoms with Crippen LogP contribution >= 0.6 is 0 Å². The second kappa shape index (κ2) is 7.22. The molecule has 21 heavy (non-hydrogen) atoms. The van der Waals surface area contributed by atoms with Crippen LogP contribution in [0.25, 0.3) is 0 Å². The smallest absolute Gasteiger partial charge is 0.310 e. The Balaban J connectivity index is 2.55. The monoisotopic (exact) mass is 295 g/mol. The summed E-state index contributed by atoms with van der Waals surface area (Å²) in [6.07, 6.45) is 0.128. The highest BCUT2D eigenvalue weighted by molar-refractivity contribution is 5.95. The van der Waals surface area contributed by atoms with Gasteiger partial charge in [0.1, 0.15) is 0 Å². The zero-order valence-electron chi connectivity index (χ0n) is 11.8. The minimum atomic E-state index is -0.743. The fraction of sp³-hybridized carbons (Fsp3) is 0.385. The number of nitrogens with zero attached hydrogens (tertiary/aromatic N) is 1. The molecule has 0 aromatic heterocycles. The summed E-state index contributed by atoms with van der Waals surface area (Å²) < 4.78 is 0. The number of nitro groups is 1. The van der Waals surface area contributed by atoms with E-state index >= 15 is 0 Å². The van der Waals surface area contributed by atoms with Crippen LogP contribution in [0.2, 0.25) is 0 Å². The summed E-state index contributed by atoms with van der Waals surface area (Å²) in [6, 6.07) is 3.33. The number of phenolic OH excluding ortho intramolecular Hbond substituents is 1. The van der Waals surface area contributed by atoms with Crippen LogP contribution in [-0.2, 0) is 4.79 Å². The van der Waals surface area contributed by atoms with E-state index in [9.17, 15) is 24.8 Å². The van der Waals surface area contributed by atoms with E-state index in [1.54, 1.807) is 0 Å². The van der Waals surface area contributed by atoms with Crippen molar-refractivity contribution in [2.75, 3.05) is 6.54 Å². The highest BCUT2D eigenvalue weighted by Gasteiger charge is 2.16. The number of benzene rings is 1. The summed E-state index contributed by atoms with van der Waals surface area (Å²) in [7, 11) is 0. The zero-order chi connectivity index (χ0) is 16.0. The lowest BCUT2D eigenvalue weighted by molar-refractivity contribution is -0.385. The molecule has 114 valence electrons. The number of carbonyl (C=O) groups is 2. The minimum absolute atomic E-state index is 0.0276. The number of hydrogen-bond donors (Lipinski definition) is 3. The molecule has 0 bridgehead atoms. The van der Waals surface area contributed by atoms with Crippen LogP contribution in [0.5, 0.6) is 5.75 Å². The third-order valence-electron chi connectivity index (χ3n) is 2.52. The molecule has 0 saturated carbocycles. The van der Waals surface area contributed by atoms with Gasteiger partial charge in [0.2, 0.25) is 5.91 Å². The van der Waals surface area contributed by atoms with Crippen LogP contribution < -0.4 is 10.6 Å². The SMILES string of the molecule is CC(C)NC(=O)CCNC(=O)c1ccc([N+](=O)[O-])c(O)c1. The van der Waals surface area contributed by atoms with E-state index in [1.165, 1.54) is 6.07 Å². The van der Waals surface area contributed by atoms with Gasteiger partial charge in [0.05, 0.1) is 4.92 Å². The number of hydrogen-bond acceptors (Lipinski definition) is 5. The number of carbonyl (C=O) groups excluding carboxylic acids is 2. The number of phenols is 1. The van der Waals surface area contributed by atoms with Crippen molar-refractivity contribution in [3.05, 3.63) is 33.9 Å². The molecule has 3 N–H and O–H groups in total. The van der Waals surface area contributed by atoms with Gasteiger partial charge in [-0.3, -0.25) is 19.7 Å². The predicted octanol–water partition coefficient (Wildman–Crippen LogP) is 0.945. The van der Waals surface area contributed by atoms with Gasteiger partial charge in [0, 0.05) is 30.6 Å². The first kappa shape index (κ1) is 16.4. The number of aromatic hydroxyl groups is 1. The number of nitrogens with one attached hydrogen (secondary N) is 2. The maximum atomic E-state index is 11.8. The summed E-state index contributed by atoms with van der Waals surface area (Å²) in [4.78, 5) is 32.9. The first-order valence-corrected chi connectivity index (χ1v) is 6.36. The molecule has 0 heterocycles. The van der Waals surface area contributed by atoms with Crippen LogP contribution in [-0.4, -0.2) is 34.4 Å². The number of rotatable bonds is 6. The van der Waals surface area contributed by atoms with Gasteiger partial charge < -0.3 is 15.7 Å². The molecule has 0 aliphatic carbocycles. The second-order valence-electron chi connectivity index (χ2n) is 4.69. The highest BCUT2D eigenvalue weighted by atomic mass is 16.6. The number of amides is 2. The predicted molar refractivity (Wildman–Crippen MR) is 75.0 cm³/mol. The van der Waals surface area contributed by atoms with Gasteiger partial charge in [-0.1, -0.05) is 0 Å². The van der Waals surface area contributed by atoms with Gasteiger partial charge in [-0.2, -0.15) is 0 Å². The van der Waals surface area contributed by atoms with Gasteiger partial charge in [0.15, 0.2) is 5.75 Å². The molecule has 1 rings (SSSR count). The number of nitro benzene ring substituents is 1. The molecule has 0 fully saturated rings. The van der Waals surface area contributed by atoms with E-state index in [1.807, 2.05) is 13.8 Å². The Morgan fingerprint density at radius 2 is 2.05 bits per heavy atom. The molecule has 0 saturated heterocycles. The summed E-state index contributed by atoms with van der Waals surface area (Å²) in [5.41, 5.74) is -0.384. The molecule has 1 aromatic carbocycles. The summed E-state index contributed by atoms with van der Waals surface area (Å²) >= 11 is 0. The molecule has 0 spiro atoms. The lowest BCUT2D eigenvalue weighted by atomic mass is 10.1. The van der Waals surface area contributed by atoms with Gasteiger partial charge in [-0.15, -0.1) is 0 Å². The molecular formula is C13H17N3O5. The van der Waals surface area contributed by atoms with Gasteiger partial charge in [-0.25, -0.2) is 0 Å². The first-order chi connectivity index (χ1) is 9.81. The maximum Gasteiger partial charge on any atom is 0.310 e. The molecule has 0 radical (unpaired) electrons. The molecule has 1 aromatic rings. The van der Waals surface area contributed by atoms with Crippen molar-refractivity contribution < 1.29 is 19.6 Å². The third kappa shape index (κ3) is 5.09. The Kier molecular flexibility index (Phi) is 5.65. The summed E-state index contributed by atoms with van der Waals surface area (Å²) in [5, 5.41) is 25.2. The fourth-order valence-corrected chi connectivity index (χ4v) is 1.60. The van der Waals surface area contributed by atoms with E-state index in [2.05, 4.69) is 10.6 Å². The third-order valence-corrected chi connectivity index (χ3v) is 2.52. The Morgan fingerprint density at radius 1 is 1.38 bits per heavy atom. The minimum Gasteiger partial charge on any atom is -0.502 e. The van der Waals surface area contributed by atoms with Crippen LogP contribution in [0.4, 0.5) is 5.69 Å². The molecule has 8 heteroatoms. The van der Waals surface area contributed by atoms with Crippen molar-refractivity contribution in [2.45, 2.75) is 26.3 Å². The standard InChI is InChI=1S/C13H17N3O5/c1-8(2)15-12(18)5-6-14-13(19)9-3-4-10(16(20)21)11(17)7-9/h3-4,7-8,17H,5-6H2,1-2H3,(H,14,19)(H,15,18). The van der Waals surface area contributed by atoms with E-state index in [0.717, 1.165) is 12.1 Å². The quantitative estimate of drug-likeness (QED) is 0.532. The van der Waals surface area contributed by atoms with E-state index < -0.39 is 22.3 Å². The Hall–Kier alpha value is -2.64. The molecule has 0 atom stereocenters. The lowest BCUT2D eigenvalue weighted by Crippen LogP contribution is -2.34. The zero-order valence-corrected chi connectivity index (χ0v) is 11.8. The normalized spacial score (nSPS) is 10.2. The molecule has 0 unspecified atom stereocenters. The molecule has 8 nitrogen and oxygen atoms in total. The summed E-state index contributed by atoms with van der Waals surface area (Å²) in [5.74, 6) is -1.28. The Labute approximate surface area is 121 Å². The van der Waals surface area contributed by atoms with Crippen LogP contribution in [0, 0.1) is 10.1 Å². The lowest BCUT2D eigenvalue weighted by Gasteiger charge is -2.09. The van der Waals surface area contributed by atoms with Gasteiger partial charge >= 0.3 is 5.69 Å². The Bertz CT molecular complexity index is 557. The van der Waals surface area contributed by atoms with Crippen LogP contribution in [0.1, 0.15) is 30.6 Å². The largest absolute Gasteiger partial charge is 0.502 e. The van der Waals surface area contributed by atoms with E-state index in [-0.39, 0.29) is 30.5 Å². The van der Waals surface area contributed by atoms with Crippen molar-refractivity contribution >= 4 is 17.5 Å². The van der Waals surface area contributed by atoms with Crippen molar-refractivity contribution in [1.29, 1.82) is 0 Å². The van der Waals surface area contributed by atoms with Crippen molar-refractivity contribution in [3.63, 3.8) is 0 Å². The molecule has 0 aliphatic heterocycles. The second-order valence-corrected chi connectivity index (χ2v) is 4.69. The van der Waals surface area contributed by atoms with E-state index in [0.29, 0.717) is 0 Å². The van der Waals surface area contributed by atoms with Gasteiger partial charge in [-0.05, 0) is 26.0 Å². The fourth-order valence-electron chi connectivity index (χ4n) is 1.60. The average molecular weight is 295 g/mol. The van der Waals surface area contributed by atoms with Crippen molar-refractivity contribution in [3.8, 4) is 5.75 Å².